The molecule has 0 aliphatic heterocycles. The minimum atomic E-state index is -0.518. The van der Waals surface area contributed by atoms with Gasteiger partial charge in [-0.2, -0.15) is 0 Å². The molecule has 0 spiro atoms. The summed E-state index contributed by atoms with van der Waals surface area (Å²) in [5.41, 5.74) is 2.23. The predicted octanol–water partition coefficient (Wildman–Crippen LogP) is 2.87. The van der Waals surface area contributed by atoms with Crippen LogP contribution < -0.4 is 0 Å². The number of hydrogen-bond acceptors (Lipinski definition) is 4. The van der Waals surface area contributed by atoms with Crippen LogP contribution in [0.3, 0.4) is 0 Å². The van der Waals surface area contributed by atoms with Crippen molar-refractivity contribution in [2.75, 3.05) is 6.61 Å². The van der Waals surface area contributed by atoms with Gasteiger partial charge in [0.05, 0.1) is 11.5 Å². The highest BCUT2D eigenvalue weighted by molar-refractivity contribution is 5.88. The Morgan fingerprint density at radius 1 is 1.42 bits per heavy atom. The lowest BCUT2D eigenvalue weighted by molar-refractivity contribution is -0.386. The molecule has 0 fully saturated rings. The minimum Gasteiger partial charge on any atom is -0.463 e. The van der Waals surface area contributed by atoms with E-state index >= 15 is 0 Å². The van der Waals surface area contributed by atoms with Crippen molar-refractivity contribution in [2.45, 2.75) is 27.2 Å². The van der Waals surface area contributed by atoms with Gasteiger partial charge in [-0.05, 0) is 32.9 Å². The van der Waals surface area contributed by atoms with Crippen molar-refractivity contribution in [3.8, 4) is 0 Å². The number of hydrogen-bond donors (Lipinski definition) is 0. The second-order valence-corrected chi connectivity index (χ2v) is 4.35. The van der Waals surface area contributed by atoms with Gasteiger partial charge >= 0.3 is 5.97 Å². The summed E-state index contributed by atoms with van der Waals surface area (Å²) in [5, 5.41) is 11.1. The Morgan fingerprint density at radius 3 is 2.58 bits per heavy atom. The Kier molecular flexibility index (Phi) is 4.80. The van der Waals surface area contributed by atoms with E-state index in [-0.39, 0.29) is 24.3 Å². The minimum absolute atomic E-state index is 0.0380. The van der Waals surface area contributed by atoms with Crippen LogP contribution in [0, 0.1) is 24.0 Å². The maximum Gasteiger partial charge on any atom is 0.333 e. The molecule has 5 heteroatoms. The molecule has 1 aromatic carbocycles. The molecule has 0 saturated heterocycles. The first-order chi connectivity index (χ1) is 8.86. The molecule has 0 unspecified atom stereocenters. The lowest BCUT2D eigenvalue weighted by Gasteiger charge is -2.09. The molecule has 0 aliphatic carbocycles. The fraction of sp³-hybridized carbons (Fsp3) is 0.357. The van der Waals surface area contributed by atoms with E-state index in [1.165, 1.54) is 0 Å². The molecule has 0 aromatic heterocycles. The van der Waals surface area contributed by atoms with Crippen LogP contribution in [0.5, 0.6) is 0 Å². The average molecular weight is 263 g/mol. The number of aryl methyl sites for hydroxylation is 2. The van der Waals surface area contributed by atoms with Crippen LogP contribution in [-0.2, 0) is 16.0 Å². The molecule has 0 amide bonds. The van der Waals surface area contributed by atoms with Gasteiger partial charge in [-0.1, -0.05) is 12.1 Å². The van der Waals surface area contributed by atoms with Crippen molar-refractivity contribution in [3.05, 3.63) is 51.1 Å². The van der Waals surface area contributed by atoms with E-state index in [9.17, 15) is 14.9 Å². The molecule has 19 heavy (non-hydrogen) atoms. The van der Waals surface area contributed by atoms with E-state index < -0.39 is 10.9 Å². The van der Waals surface area contributed by atoms with Crippen LogP contribution in [0.2, 0.25) is 0 Å². The van der Waals surface area contributed by atoms with Crippen molar-refractivity contribution in [1.82, 2.24) is 0 Å². The number of rotatable bonds is 5. The van der Waals surface area contributed by atoms with Gasteiger partial charge < -0.3 is 4.74 Å². The van der Waals surface area contributed by atoms with Crippen molar-refractivity contribution in [3.63, 3.8) is 0 Å². The molecule has 5 nitrogen and oxygen atoms in total. The van der Waals surface area contributed by atoms with Crippen molar-refractivity contribution in [2.24, 2.45) is 0 Å². The Labute approximate surface area is 112 Å². The molecule has 0 bridgehead atoms. The summed E-state index contributed by atoms with van der Waals surface area (Å²) in [5.74, 6) is -0.518. The van der Waals surface area contributed by atoms with Gasteiger partial charge in [0.1, 0.15) is 0 Å². The number of benzene rings is 1. The Bertz CT molecular complexity index is 534. The molecular formula is C14H17NO4. The lowest BCUT2D eigenvalue weighted by atomic mass is 9.99. The first-order valence-electron chi connectivity index (χ1n) is 5.96. The zero-order chi connectivity index (χ0) is 14.6. The number of carbonyl (C=O) groups is 1. The molecule has 0 N–H and O–H groups in total. The maximum atomic E-state index is 11.5. The van der Waals surface area contributed by atoms with Crippen molar-refractivity contribution >= 4 is 11.7 Å². The standard InChI is InChI=1S/C14H17NO4/c1-5-19-14(16)11(4)8-12-7-9(2)6-10(3)13(12)15(17)18/h6-7H,4-5,8H2,1-3H3. The third-order valence-corrected chi connectivity index (χ3v) is 2.67. The van der Waals surface area contributed by atoms with E-state index in [2.05, 4.69) is 6.58 Å². The van der Waals surface area contributed by atoms with Gasteiger partial charge in [0.2, 0.25) is 0 Å². The van der Waals surface area contributed by atoms with E-state index in [4.69, 9.17) is 4.74 Å². The fourth-order valence-electron chi connectivity index (χ4n) is 1.98. The third kappa shape index (κ3) is 3.64. The molecule has 1 aromatic rings. The number of nitrogens with zero attached hydrogens (tertiary/aromatic N) is 1. The number of ether oxygens (including phenoxy) is 1. The normalized spacial score (nSPS) is 10.1. The summed E-state index contributed by atoms with van der Waals surface area (Å²) in [4.78, 5) is 22.2. The van der Waals surface area contributed by atoms with Crippen molar-refractivity contribution < 1.29 is 14.5 Å². The topological polar surface area (TPSA) is 69.4 Å². The highest BCUT2D eigenvalue weighted by atomic mass is 16.6. The number of nitro benzene ring substituents is 1. The van der Waals surface area contributed by atoms with Gasteiger partial charge in [0.15, 0.2) is 0 Å². The first-order valence-corrected chi connectivity index (χ1v) is 5.96. The van der Waals surface area contributed by atoms with Gasteiger partial charge in [-0.3, -0.25) is 10.1 Å². The lowest BCUT2D eigenvalue weighted by Crippen LogP contribution is -2.10. The van der Waals surface area contributed by atoms with E-state index in [0.717, 1.165) is 5.56 Å². The van der Waals surface area contributed by atoms with E-state index in [1.807, 2.05) is 6.92 Å². The zero-order valence-corrected chi connectivity index (χ0v) is 11.4. The predicted molar refractivity (Wildman–Crippen MR) is 72.0 cm³/mol. The largest absolute Gasteiger partial charge is 0.463 e. The second-order valence-electron chi connectivity index (χ2n) is 4.35. The van der Waals surface area contributed by atoms with Gasteiger partial charge in [-0.15, -0.1) is 0 Å². The molecule has 102 valence electrons. The van der Waals surface area contributed by atoms with Crippen LogP contribution in [0.15, 0.2) is 24.3 Å². The molecule has 0 heterocycles. The second kappa shape index (κ2) is 6.13. The fourth-order valence-corrected chi connectivity index (χ4v) is 1.98. The Balaban J connectivity index is 3.10. The quantitative estimate of drug-likeness (QED) is 0.354. The monoisotopic (exact) mass is 263 g/mol. The zero-order valence-electron chi connectivity index (χ0n) is 11.4. The van der Waals surface area contributed by atoms with Crippen LogP contribution in [-0.4, -0.2) is 17.5 Å². The van der Waals surface area contributed by atoms with E-state index in [0.29, 0.717) is 11.1 Å². The van der Waals surface area contributed by atoms with Crippen LogP contribution >= 0.6 is 0 Å². The van der Waals surface area contributed by atoms with Crippen molar-refractivity contribution in [1.29, 1.82) is 0 Å². The molecule has 1 rings (SSSR count). The van der Waals surface area contributed by atoms with Crippen LogP contribution in [0.25, 0.3) is 0 Å². The highest BCUT2D eigenvalue weighted by Crippen LogP contribution is 2.27. The Morgan fingerprint density at radius 2 is 2.05 bits per heavy atom. The molecule has 0 radical (unpaired) electrons. The summed E-state index contributed by atoms with van der Waals surface area (Å²) in [6.45, 7) is 9.12. The summed E-state index contributed by atoms with van der Waals surface area (Å²) in [6.07, 6.45) is 0.123. The molecule has 0 aliphatic rings. The van der Waals surface area contributed by atoms with Gasteiger partial charge in [-0.25, -0.2) is 4.79 Å². The maximum absolute atomic E-state index is 11.5. The summed E-state index contributed by atoms with van der Waals surface area (Å²) in [7, 11) is 0. The van der Waals surface area contributed by atoms with Crippen LogP contribution in [0.1, 0.15) is 23.6 Å². The smallest absolute Gasteiger partial charge is 0.333 e. The van der Waals surface area contributed by atoms with Gasteiger partial charge in [0.25, 0.3) is 5.69 Å². The molecule has 0 atom stereocenters. The number of nitro groups is 1. The van der Waals surface area contributed by atoms with Gasteiger partial charge in [0, 0.05) is 23.1 Å². The highest BCUT2D eigenvalue weighted by Gasteiger charge is 2.20. The number of esters is 1. The number of carbonyl (C=O) groups excluding carboxylic acids is 1. The summed E-state index contributed by atoms with van der Waals surface area (Å²) in [6, 6.07) is 3.45. The van der Waals surface area contributed by atoms with E-state index in [1.54, 1.807) is 26.0 Å². The molecule has 0 saturated carbocycles. The average Bonchev–Trinajstić information content (AvgIpc) is 2.27. The molecular weight excluding hydrogens is 246 g/mol. The SMILES string of the molecule is C=C(Cc1cc(C)cc(C)c1[N+](=O)[O-])C(=O)OCC. The first kappa shape index (κ1) is 14.9. The summed E-state index contributed by atoms with van der Waals surface area (Å²) >= 11 is 0. The Hall–Kier alpha value is -2.17. The third-order valence-electron chi connectivity index (χ3n) is 2.67. The van der Waals surface area contributed by atoms with Crippen LogP contribution in [0.4, 0.5) is 5.69 Å². The summed E-state index contributed by atoms with van der Waals surface area (Å²) < 4.78 is 4.83.